The van der Waals surface area contributed by atoms with Gasteiger partial charge in [-0.2, -0.15) is 0 Å². The van der Waals surface area contributed by atoms with E-state index in [0.717, 1.165) is 38.8 Å². The van der Waals surface area contributed by atoms with Crippen LogP contribution >= 0.6 is 11.6 Å². The molecule has 2 aliphatic heterocycles. The van der Waals surface area contributed by atoms with E-state index in [2.05, 4.69) is 16.8 Å². The number of aromatic nitrogens is 1. The van der Waals surface area contributed by atoms with Crippen LogP contribution in [0.5, 0.6) is 0 Å². The standard InChI is InChI=1S/C20H23ClFN3O/c1-11-8-25(12-3-4-12)18-15(20(11)26)7-16(21)19(17(18)22)24-9-13-5-6-14(10-24)23(13)2/h7-8,12-14H,3-6,9-10H2,1-2H3. The molecule has 1 aliphatic carbocycles. The van der Waals surface area contributed by atoms with Crippen molar-refractivity contribution in [1.82, 2.24) is 9.47 Å². The van der Waals surface area contributed by atoms with E-state index < -0.39 is 0 Å². The van der Waals surface area contributed by atoms with Crippen LogP contribution in [0.3, 0.4) is 0 Å². The van der Waals surface area contributed by atoms with Gasteiger partial charge in [-0.25, -0.2) is 4.39 Å². The van der Waals surface area contributed by atoms with Crippen molar-refractivity contribution in [3.8, 4) is 0 Å². The van der Waals surface area contributed by atoms with Crippen molar-refractivity contribution in [1.29, 1.82) is 0 Å². The molecule has 3 heterocycles. The lowest BCUT2D eigenvalue weighted by Crippen LogP contribution is -2.52. The molecule has 138 valence electrons. The maximum absolute atomic E-state index is 15.7. The van der Waals surface area contributed by atoms with Crippen LogP contribution in [0.1, 0.15) is 37.3 Å². The molecular formula is C20H23ClFN3O. The fraction of sp³-hybridized carbons (Fsp3) is 0.550. The Balaban J connectivity index is 1.71. The number of aryl methyl sites for hydroxylation is 1. The third kappa shape index (κ3) is 2.33. The number of piperazine rings is 1. The Kier molecular flexibility index (Phi) is 3.63. The van der Waals surface area contributed by atoms with Crippen LogP contribution in [0.2, 0.25) is 5.02 Å². The van der Waals surface area contributed by atoms with Crippen LogP contribution in [0.4, 0.5) is 10.1 Å². The molecule has 3 aliphatic rings. The van der Waals surface area contributed by atoms with Crippen LogP contribution < -0.4 is 10.3 Å². The Morgan fingerprint density at radius 1 is 1.12 bits per heavy atom. The second-order valence-electron chi connectivity index (χ2n) is 8.15. The molecule has 2 unspecified atom stereocenters. The first-order chi connectivity index (χ1) is 12.5. The number of nitrogens with zero attached hydrogens (tertiary/aromatic N) is 3. The number of benzene rings is 1. The van der Waals surface area contributed by atoms with E-state index in [-0.39, 0.29) is 11.2 Å². The smallest absolute Gasteiger partial charge is 0.192 e. The van der Waals surface area contributed by atoms with Crippen molar-refractivity contribution >= 4 is 28.2 Å². The number of anilines is 1. The molecule has 0 spiro atoms. The molecule has 4 nitrogen and oxygen atoms in total. The average Bonchev–Trinajstić information content (AvgIpc) is 3.41. The summed E-state index contributed by atoms with van der Waals surface area (Å²) in [4.78, 5) is 17.1. The number of likely N-dealkylation sites (N-methyl/N-ethyl adjacent to an activating group) is 1. The highest BCUT2D eigenvalue weighted by molar-refractivity contribution is 6.34. The summed E-state index contributed by atoms with van der Waals surface area (Å²) >= 11 is 6.52. The van der Waals surface area contributed by atoms with Crippen LogP contribution in [0.25, 0.3) is 10.9 Å². The van der Waals surface area contributed by atoms with Gasteiger partial charge in [0.1, 0.15) is 0 Å². The lowest BCUT2D eigenvalue weighted by Gasteiger charge is -2.40. The topological polar surface area (TPSA) is 28.5 Å². The minimum absolute atomic E-state index is 0.123. The first kappa shape index (κ1) is 16.6. The molecule has 3 fully saturated rings. The van der Waals surface area contributed by atoms with Gasteiger partial charge in [-0.05, 0) is 45.7 Å². The van der Waals surface area contributed by atoms with Crippen molar-refractivity contribution in [2.24, 2.45) is 0 Å². The fourth-order valence-corrected chi connectivity index (χ4v) is 5.11. The SMILES string of the molecule is Cc1cn(C2CC2)c2c(F)c(N3CC4CCC(C3)N4C)c(Cl)cc2c1=O. The maximum atomic E-state index is 15.7. The molecule has 26 heavy (non-hydrogen) atoms. The molecule has 0 radical (unpaired) electrons. The molecule has 2 atom stereocenters. The Morgan fingerprint density at radius 3 is 2.35 bits per heavy atom. The summed E-state index contributed by atoms with van der Waals surface area (Å²) in [5, 5.41) is 0.754. The molecule has 2 bridgehead atoms. The summed E-state index contributed by atoms with van der Waals surface area (Å²) < 4.78 is 17.7. The van der Waals surface area contributed by atoms with E-state index in [1.54, 1.807) is 13.0 Å². The highest BCUT2D eigenvalue weighted by Crippen LogP contribution is 2.42. The minimum Gasteiger partial charge on any atom is -0.365 e. The van der Waals surface area contributed by atoms with Gasteiger partial charge < -0.3 is 9.47 Å². The molecule has 1 aromatic carbocycles. The van der Waals surface area contributed by atoms with Crippen LogP contribution in [-0.2, 0) is 0 Å². The van der Waals surface area contributed by atoms with Crippen LogP contribution in [0.15, 0.2) is 17.1 Å². The molecule has 2 aromatic rings. The highest BCUT2D eigenvalue weighted by Gasteiger charge is 2.39. The lowest BCUT2D eigenvalue weighted by molar-refractivity contribution is 0.212. The van der Waals surface area contributed by atoms with Crippen LogP contribution in [-0.4, -0.2) is 41.7 Å². The van der Waals surface area contributed by atoms with E-state index in [4.69, 9.17) is 11.6 Å². The zero-order valence-corrected chi connectivity index (χ0v) is 15.9. The lowest BCUT2D eigenvalue weighted by atomic mass is 10.1. The minimum atomic E-state index is -0.333. The number of hydrogen-bond acceptors (Lipinski definition) is 3. The predicted octanol–water partition coefficient (Wildman–Crippen LogP) is 3.72. The molecule has 0 amide bonds. The van der Waals surface area contributed by atoms with Crippen LogP contribution in [0, 0.1) is 12.7 Å². The summed E-state index contributed by atoms with van der Waals surface area (Å²) in [6.07, 6.45) is 6.19. The number of fused-ring (bicyclic) bond motifs is 3. The number of hydrogen-bond donors (Lipinski definition) is 0. The molecule has 1 saturated carbocycles. The van der Waals surface area contributed by atoms with E-state index >= 15 is 4.39 Å². The van der Waals surface area contributed by atoms with Gasteiger partial charge in [0.15, 0.2) is 11.2 Å². The highest BCUT2D eigenvalue weighted by atomic mass is 35.5. The molecule has 2 saturated heterocycles. The zero-order valence-electron chi connectivity index (χ0n) is 15.1. The van der Waals surface area contributed by atoms with Crippen molar-refractivity contribution in [2.75, 3.05) is 25.0 Å². The van der Waals surface area contributed by atoms with Gasteiger partial charge >= 0.3 is 0 Å². The summed E-state index contributed by atoms with van der Waals surface area (Å²) in [5.74, 6) is -0.333. The molecule has 1 aromatic heterocycles. The second kappa shape index (κ2) is 5.70. The fourth-order valence-electron chi connectivity index (χ4n) is 4.80. The molecular weight excluding hydrogens is 353 g/mol. The van der Waals surface area contributed by atoms with Crippen molar-refractivity contribution in [3.05, 3.63) is 38.9 Å². The quantitative estimate of drug-likeness (QED) is 0.801. The third-order valence-corrected chi connectivity index (χ3v) is 6.75. The number of rotatable bonds is 2. The Labute approximate surface area is 157 Å². The Bertz CT molecular complexity index is 954. The monoisotopic (exact) mass is 375 g/mol. The molecule has 6 heteroatoms. The van der Waals surface area contributed by atoms with E-state index in [1.165, 1.54) is 0 Å². The van der Waals surface area contributed by atoms with Gasteiger partial charge in [-0.3, -0.25) is 9.69 Å². The zero-order chi connectivity index (χ0) is 18.2. The predicted molar refractivity (Wildman–Crippen MR) is 103 cm³/mol. The summed E-state index contributed by atoms with van der Waals surface area (Å²) in [7, 11) is 2.16. The molecule has 5 rings (SSSR count). The third-order valence-electron chi connectivity index (χ3n) is 6.47. The number of pyridine rings is 1. The van der Waals surface area contributed by atoms with Crippen molar-refractivity contribution < 1.29 is 4.39 Å². The molecule has 0 N–H and O–H groups in total. The van der Waals surface area contributed by atoms with Gasteiger partial charge in [0, 0.05) is 43.0 Å². The summed E-state index contributed by atoms with van der Waals surface area (Å²) in [5.41, 5.74) is 1.42. The first-order valence-electron chi connectivity index (χ1n) is 9.46. The summed E-state index contributed by atoms with van der Waals surface area (Å²) in [6.45, 7) is 3.36. The Morgan fingerprint density at radius 2 is 1.73 bits per heavy atom. The van der Waals surface area contributed by atoms with Gasteiger partial charge in [0.25, 0.3) is 0 Å². The largest absolute Gasteiger partial charge is 0.365 e. The normalized spacial score (nSPS) is 26.1. The number of halogens is 2. The first-order valence-corrected chi connectivity index (χ1v) is 9.84. The van der Waals surface area contributed by atoms with E-state index in [1.807, 2.05) is 10.8 Å². The Hall–Kier alpha value is -1.59. The average molecular weight is 376 g/mol. The summed E-state index contributed by atoms with van der Waals surface area (Å²) in [6, 6.07) is 2.88. The van der Waals surface area contributed by atoms with E-state index in [9.17, 15) is 4.79 Å². The van der Waals surface area contributed by atoms with Gasteiger partial charge in [0.05, 0.1) is 21.6 Å². The van der Waals surface area contributed by atoms with Gasteiger partial charge in [-0.1, -0.05) is 11.6 Å². The van der Waals surface area contributed by atoms with Gasteiger partial charge in [-0.15, -0.1) is 0 Å². The van der Waals surface area contributed by atoms with Gasteiger partial charge in [0.2, 0.25) is 0 Å². The second-order valence-corrected chi connectivity index (χ2v) is 8.56. The van der Waals surface area contributed by atoms with Crippen molar-refractivity contribution in [2.45, 2.75) is 50.7 Å². The van der Waals surface area contributed by atoms with Crippen molar-refractivity contribution in [3.63, 3.8) is 0 Å². The maximum Gasteiger partial charge on any atom is 0.192 e. The van der Waals surface area contributed by atoms with E-state index in [0.29, 0.717) is 45.3 Å².